The number of alkyl halides is 1. The molecule has 0 bridgehead atoms. The van der Waals surface area contributed by atoms with Crippen LogP contribution in [0.2, 0.25) is 0 Å². The van der Waals surface area contributed by atoms with Crippen LogP contribution in [0, 0.1) is 0 Å². The monoisotopic (exact) mass is 349 g/mol. The molecule has 1 saturated heterocycles. The molecule has 0 radical (unpaired) electrons. The van der Waals surface area contributed by atoms with Gasteiger partial charge in [-0.2, -0.15) is 0 Å². The van der Waals surface area contributed by atoms with Gasteiger partial charge in [0, 0.05) is 22.0 Å². The summed E-state index contributed by atoms with van der Waals surface area (Å²) in [5.41, 5.74) is 1.21. The van der Waals surface area contributed by atoms with Gasteiger partial charge in [-0.3, -0.25) is 4.90 Å². The van der Waals surface area contributed by atoms with Crippen molar-refractivity contribution in [2.24, 2.45) is 0 Å². The molecule has 1 aliphatic rings. The summed E-state index contributed by atoms with van der Waals surface area (Å²) in [7, 11) is 0. The molecule has 1 fully saturated rings. The molecular formula is C12H14Br2FN. The van der Waals surface area contributed by atoms with Gasteiger partial charge < -0.3 is 0 Å². The molecule has 16 heavy (non-hydrogen) atoms. The van der Waals surface area contributed by atoms with E-state index in [0.29, 0.717) is 13.0 Å². The Hall–Kier alpha value is 0.0700. The maximum absolute atomic E-state index is 13.3. The predicted octanol–water partition coefficient (Wildman–Crippen LogP) is 4.15. The molecule has 1 atom stereocenters. The van der Waals surface area contributed by atoms with E-state index in [4.69, 9.17) is 0 Å². The van der Waals surface area contributed by atoms with Crippen molar-refractivity contribution >= 4 is 31.9 Å². The largest absolute Gasteiger partial charge is 0.296 e. The number of rotatable bonds is 2. The SMILES string of the molecule is FC1CCCN(Cc2c(Br)cccc2Br)C1. The van der Waals surface area contributed by atoms with Crippen molar-refractivity contribution in [3.63, 3.8) is 0 Å². The van der Waals surface area contributed by atoms with Gasteiger partial charge in [-0.05, 0) is 37.1 Å². The molecule has 1 aliphatic heterocycles. The number of likely N-dealkylation sites (tertiary alicyclic amines) is 1. The van der Waals surface area contributed by atoms with Crippen LogP contribution in [0.3, 0.4) is 0 Å². The summed E-state index contributed by atoms with van der Waals surface area (Å²) < 4.78 is 15.4. The first-order valence-electron chi connectivity index (χ1n) is 5.46. The Morgan fingerprint density at radius 2 is 2.00 bits per heavy atom. The molecule has 88 valence electrons. The lowest BCUT2D eigenvalue weighted by Crippen LogP contribution is -2.35. The first kappa shape index (κ1) is 12.5. The number of halogens is 3. The van der Waals surface area contributed by atoms with Crippen LogP contribution >= 0.6 is 31.9 Å². The highest BCUT2D eigenvalue weighted by atomic mass is 79.9. The topological polar surface area (TPSA) is 3.24 Å². The molecule has 1 unspecified atom stereocenters. The summed E-state index contributed by atoms with van der Waals surface area (Å²) in [6.45, 7) is 2.37. The molecule has 4 heteroatoms. The molecule has 1 nitrogen and oxygen atoms in total. The third-order valence-corrected chi connectivity index (χ3v) is 4.38. The van der Waals surface area contributed by atoms with Crippen LogP contribution < -0.4 is 0 Å². The quantitative estimate of drug-likeness (QED) is 0.774. The number of hydrogen-bond acceptors (Lipinski definition) is 1. The van der Waals surface area contributed by atoms with E-state index in [2.05, 4.69) is 36.8 Å². The van der Waals surface area contributed by atoms with Crippen molar-refractivity contribution in [2.75, 3.05) is 13.1 Å². The third-order valence-electron chi connectivity index (χ3n) is 2.89. The zero-order valence-electron chi connectivity index (χ0n) is 8.93. The summed E-state index contributed by atoms with van der Waals surface area (Å²) in [6.07, 6.45) is 1.02. The number of hydrogen-bond donors (Lipinski definition) is 0. The lowest BCUT2D eigenvalue weighted by molar-refractivity contribution is 0.132. The van der Waals surface area contributed by atoms with Gasteiger partial charge in [-0.1, -0.05) is 37.9 Å². The van der Waals surface area contributed by atoms with Crippen LogP contribution in [0.5, 0.6) is 0 Å². The van der Waals surface area contributed by atoms with Gasteiger partial charge in [0.2, 0.25) is 0 Å². The van der Waals surface area contributed by atoms with Gasteiger partial charge >= 0.3 is 0 Å². The number of benzene rings is 1. The van der Waals surface area contributed by atoms with Crippen LogP contribution in [0.4, 0.5) is 4.39 Å². The Kier molecular flexibility index (Phi) is 4.39. The van der Waals surface area contributed by atoms with Gasteiger partial charge in [0.15, 0.2) is 0 Å². The van der Waals surface area contributed by atoms with E-state index < -0.39 is 6.17 Å². The highest BCUT2D eigenvalue weighted by Crippen LogP contribution is 2.27. The summed E-state index contributed by atoms with van der Waals surface area (Å²) in [4.78, 5) is 2.18. The van der Waals surface area contributed by atoms with Crippen LogP contribution in [0.15, 0.2) is 27.1 Å². The predicted molar refractivity (Wildman–Crippen MR) is 71.2 cm³/mol. The first-order valence-corrected chi connectivity index (χ1v) is 7.04. The highest BCUT2D eigenvalue weighted by molar-refractivity contribution is 9.11. The minimum atomic E-state index is -0.657. The van der Waals surface area contributed by atoms with Crippen LogP contribution in [-0.4, -0.2) is 24.2 Å². The molecule has 0 N–H and O–H groups in total. The van der Waals surface area contributed by atoms with Crippen molar-refractivity contribution in [1.29, 1.82) is 0 Å². The number of nitrogens with zero attached hydrogens (tertiary/aromatic N) is 1. The molecule has 2 rings (SSSR count). The van der Waals surface area contributed by atoms with Gasteiger partial charge in [-0.25, -0.2) is 4.39 Å². The lowest BCUT2D eigenvalue weighted by Gasteiger charge is -2.29. The summed E-state index contributed by atoms with van der Waals surface area (Å²) in [5, 5.41) is 0. The Balaban J connectivity index is 2.08. The number of piperidine rings is 1. The third kappa shape index (κ3) is 3.05. The molecular weight excluding hydrogens is 337 g/mol. The molecule has 0 aliphatic carbocycles. The first-order chi connectivity index (χ1) is 7.66. The Bertz CT molecular complexity index is 350. The minimum absolute atomic E-state index is 0.563. The fraction of sp³-hybridized carbons (Fsp3) is 0.500. The second kappa shape index (κ2) is 5.61. The molecule has 0 aromatic heterocycles. The summed E-state index contributed by atoms with van der Waals surface area (Å²) in [6, 6.07) is 6.04. The normalized spacial score (nSPS) is 22.3. The molecule has 1 aromatic rings. The molecule has 0 amide bonds. The Morgan fingerprint density at radius 1 is 1.31 bits per heavy atom. The van der Waals surface area contributed by atoms with E-state index in [1.54, 1.807) is 0 Å². The lowest BCUT2D eigenvalue weighted by atomic mass is 10.1. The van der Waals surface area contributed by atoms with E-state index in [1.165, 1.54) is 5.56 Å². The molecule has 0 saturated carbocycles. The van der Waals surface area contributed by atoms with Crippen molar-refractivity contribution in [1.82, 2.24) is 4.90 Å². The average Bonchev–Trinajstić information content (AvgIpc) is 2.24. The second-order valence-electron chi connectivity index (χ2n) is 4.17. The summed E-state index contributed by atoms with van der Waals surface area (Å²) >= 11 is 7.08. The van der Waals surface area contributed by atoms with Crippen LogP contribution in [0.25, 0.3) is 0 Å². The van der Waals surface area contributed by atoms with Gasteiger partial charge in [0.05, 0.1) is 0 Å². The van der Waals surface area contributed by atoms with E-state index in [0.717, 1.165) is 28.5 Å². The maximum Gasteiger partial charge on any atom is 0.113 e. The standard InChI is InChI=1S/C12H14Br2FN/c13-11-4-1-5-12(14)10(11)8-16-6-2-3-9(15)7-16/h1,4-5,9H,2-3,6-8H2. The Morgan fingerprint density at radius 3 is 2.62 bits per heavy atom. The van der Waals surface area contributed by atoms with Crippen LogP contribution in [0.1, 0.15) is 18.4 Å². The minimum Gasteiger partial charge on any atom is -0.296 e. The molecule has 0 spiro atoms. The van der Waals surface area contributed by atoms with Crippen molar-refractivity contribution in [2.45, 2.75) is 25.6 Å². The highest BCUT2D eigenvalue weighted by Gasteiger charge is 2.20. The van der Waals surface area contributed by atoms with E-state index in [1.807, 2.05) is 18.2 Å². The zero-order chi connectivity index (χ0) is 11.5. The van der Waals surface area contributed by atoms with Crippen molar-refractivity contribution in [3.8, 4) is 0 Å². The summed E-state index contributed by atoms with van der Waals surface area (Å²) in [5.74, 6) is 0. The average molecular weight is 351 g/mol. The maximum atomic E-state index is 13.3. The van der Waals surface area contributed by atoms with Crippen molar-refractivity contribution < 1.29 is 4.39 Å². The van der Waals surface area contributed by atoms with Gasteiger partial charge in [-0.15, -0.1) is 0 Å². The van der Waals surface area contributed by atoms with E-state index in [9.17, 15) is 4.39 Å². The van der Waals surface area contributed by atoms with Gasteiger partial charge in [0.25, 0.3) is 0 Å². The van der Waals surface area contributed by atoms with Crippen LogP contribution in [-0.2, 0) is 6.54 Å². The van der Waals surface area contributed by atoms with E-state index in [-0.39, 0.29) is 0 Å². The zero-order valence-corrected chi connectivity index (χ0v) is 12.1. The van der Waals surface area contributed by atoms with E-state index >= 15 is 0 Å². The van der Waals surface area contributed by atoms with Gasteiger partial charge in [0.1, 0.15) is 6.17 Å². The molecule has 1 aromatic carbocycles. The van der Waals surface area contributed by atoms with Crippen molar-refractivity contribution in [3.05, 3.63) is 32.7 Å². The Labute approximate surface area is 112 Å². The second-order valence-corrected chi connectivity index (χ2v) is 5.88. The smallest absolute Gasteiger partial charge is 0.113 e. The fourth-order valence-electron chi connectivity index (χ4n) is 2.05. The molecule has 1 heterocycles. The fourth-order valence-corrected chi connectivity index (χ4v) is 3.30.